The largest absolute Gasteiger partial charge is 0.465 e. The third kappa shape index (κ3) is 5.69. The monoisotopic (exact) mass is 477 g/mol. The molecular weight excluding hydrogens is 456 g/mol. The van der Waals surface area contributed by atoms with E-state index in [4.69, 9.17) is 11.6 Å². The van der Waals surface area contributed by atoms with Crippen molar-refractivity contribution in [1.29, 1.82) is 0 Å². The van der Waals surface area contributed by atoms with Crippen LogP contribution in [0.3, 0.4) is 0 Å². The van der Waals surface area contributed by atoms with Crippen molar-refractivity contribution >= 4 is 40.2 Å². The standard InChI is InChI=1S/C19H21ClFN3O4S.ClH/c1-28-19(25)14-4-2-13(3-5-14)11-23-29(26,27)24-9-8-22-12-18(24)15-6-7-17(21)16(20)10-15;/h2-7,10,18,22-23H,8-9,11-12H2,1H3;1H. The lowest BCUT2D eigenvalue weighted by Gasteiger charge is -2.35. The van der Waals surface area contributed by atoms with E-state index in [9.17, 15) is 17.6 Å². The molecule has 1 aliphatic heterocycles. The van der Waals surface area contributed by atoms with E-state index in [1.807, 2.05) is 0 Å². The highest BCUT2D eigenvalue weighted by atomic mass is 35.5. The number of nitrogens with zero attached hydrogens (tertiary/aromatic N) is 1. The number of halogens is 3. The Kier molecular flexibility index (Phi) is 8.60. The maximum absolute atomic E-state index is 13.5. The number of methoxy groups -OCH3 is 1. The van der Waals surface area contributed by atoms with E-state index < -0.39 is 28.0 Å². The lowest BCUT2D eigenvalue weighted by molar-refractivity contribution is 0.0600. The lowest BCUT2D eigenvalue weighted by Crippen LogP contribution is -2.52. The molecule has 0 spiro atoms. The topological polar surface area (TPSA) is 87.7 Å². The molecule has 2 N–H and O–H groups in total. The quantitative estimate of drug-likeness (QED) is 0.624. The number of esters is 1. The molecule has 0 aliphatic carbocycles. The van der Waals surface area contributed by atoms with Crippen molar-refractivity contribution in [2.75, 3.05) is 26.7 Å². The number of piperazine rings is 1. The smallest absolute Gasteiger partial charge is 0.337 e. The zero-order chi connectivity index (χ0) is 21.0. The van der Waals surface area contributed by atoms with Gasteiger partial charge in [-0.2, -0.15) is 17.4 Å². The van der Waals surface area contributed by atoms with Gasteiger partial charge in [-0.15, -0.1) is 12.4 Å². The number of ether oxygens (including phenoxy) is 1. The molecule has 1 aliphatic rings. The zero-order valence-corrected chi connectivity index (χ0v) is 18.5. The molecule has 0 amide bonds. The highest BCUT2D eigenvalue weighted by molar-refractivity contribution is 7.87. The summed E-state index contributed by atoms with van der Waals surface area (Å²) in [6, 6.07) is 10.2. The average molecular weight is 478 g/mol. The van der Waals surface area contributed by atoms with Crippen molar-refractivity contribution in [1.82, 2.24) is 14.3 Å². The van der Waals surface area contributed by atoms with Gasteiger partial charge >= 0.3 is 5.97 Å². The molecule has 2 aromatic rings. The Labute approximate surface area is 186 Å². The second kappa shape index (κ2) is 10.5. The minimum Gasteiger partial charge on any atom is -0.465 e. The minimum atomic E-state index is -3.82. The summed E-state index contributed by atoms with van der Waals surface area (Å²) in [4.78, 5) is 11.5. The van der Waals surface area contributed by atoms with Gasteiger partial charge < -0.3 is 10.1 Å². The maximum Gasteiger partial charge on any atom is 0.337 e. The molecule has 1 heterocycles. The van der Waals surface area contributed by atoms with E-state index in [1.165, 1.54) is 29.6 Å². The Hall–Kier alpha value is -1.75. The molecule has 11 heteroatoms. The number of nitrogens with one attached hydrogen (secondary N) is 2. The van der Waals surface area contributed by atoms with Gasteiger partial charge in [0.05, 0.1) is 23.7 Å². The van der Waals surface area contributed by atoms with Gasteiger partial charge in [-0.3, -0.25) is 0 Å². The summed E-state index contributed by atoms with van der Waals surface area (Å²) in [5, 5.41) is 3.10. The maximum atomic E-state index is 13.5. The van der Waals surface area contributed by atoms with Crippen LogP contribution in [0.1, 0.15) is 27.5 Å². The lowest BCUT2D eigenvalue weighted by atomic mass is 10.1. The number of benzene rings is 2. The molecule has 2 aromatic carbocycles. The first-order valence-corrected chi connectivity index (χ1v) is 10.7. The van der Waals surface area contributed by atoms with Crippen LogP contribution < -0.4 is 10.0 Å². The first kappa shape index (κ1) is 24.5. The fourth-order valence-electron chi connectivity index (χ4n) is 3.11. The first-order chi connectivity index (χ1) is 13.8. The van der Waals surface area contributed by atoms with Crippen LogP contribution in [0.25, 0.3) is 0 Å². The van der Waals surface area contributed by atoms with Gasteiger partial charge in [-0.25, -0.2) is 9.18 Å². The van der Waals surface area contributed by atoms with E-state index in [-0.39, 0.29) is 30.5 Å². The molecule has 1 unspecified atom stereocenters. The van der Waals surface area contributed by atoms with Crippen LogP contribution in [0.2, 0.25) is 5.02 Å². The molecule has 1 atom stereocenters. The summed E-state index contributed by atoms with van der Waals surface area (Å²) in [7, 11) is -2.52. The molecule has 0 saturated carbocycles. The molecule has 3 rings (SSSR count). The SMILES string of the molecule is COC(=O)c1ccc(CNS(=O)(=O)N2CCNCC2c2ccc(F)c(Cl)c2)cc1.Cl. The molecule has 1 saturated heterocycles. The molecule has 1 fully saturated rings. The van der Waals surface area contributed by atoms with Gasteiger partial charge in [0.25, 0.3) is 10.2 Å². The normalized spacial score (nSPS) is 17.2. The fourth-order valence-corrected chi connectivity index (χ4v) is 4.68. The molecule has 30 heavy (non-hydrogen) atoms. The number of carbonyl (C=O) groups is 1. The summed E-state index contributed by atoms with van der Waals surface area (Å²) in [5.74, 6) is -1.01. The van der Waals surface area contributed by atoms with Crippen molar-refractivity contribution < 1.29 is 22.3 Å². The van der Waals surface area contributed by atoms with E-state index in [0.29, 0.717) is 29.8 Å². The number of hydrogen-bond donors (Lipinski definition) is 2. The van der Waals surface area contributed by atoms with E-state index >= 15 is 0 Å². The first-order valence-electron chi connectivity index (χ1n) is 8.91. The Morgan fingerprint density at radius 1 is 1.30 bits per heavy atom. The Morgan fingerprint density at radius 2 is 2.00 bits per heavy atom. The molecule has 7 nitrogen and oxygen atoms in total. The van der Waals surface area contributed by atoms with Crippen LogP contribution in [0.4, 0.5) is 4.39 Å². The summed E-state index contributed by atoms with van der Waals surface area (Å²) in [5.41, 5.74) is 1.68. The van der Waals surface area contributed by atoms with E-state index in [0.717, 1.165) is 0 Å². The van der Waals surface area contributed by atoms with Crippen molar-refractivity contribution in [3.8, 4) is 0 Å². The number of hydrogen-bond acceptors (Lipinski definition) is 5. The Balaban J connectivity index is 0.00000320. The Morgan fingerprint density at radius 3 is 2.63 bits per heavy atom. The van der Waals surface area contributed by atoms with Crippen molar-refractivity contribution in [3.63, 3.8) is 0 Å². The average Bonchev–Trinajstić information content (AvgIpc) is 2.74. The van der Waals surface area contributed by atoms with Crippen molar-refractivity contribution in [2.24, 2.45) is 0 Å². The van der Waals surface area contributed by atoms with Crippen LogP contribution >= 0.6 is 24.0 Å². The van der Waals surface area contributed by atoms with Gasteiger partial charge in [0.1, 0.15) is 5.82 Å². The molecule has 0 radical (unpaired) electrons. The zero-order valence-electron chi connectivity index (χ0n) is 16.1. The predicted octanol–water partition coefficient (Wildman–Crippen LogP) is 2.67. The second-order valence-corrected chi connectivity index (χ2v) is 8.63. The van der Waals surface area contributed by atoms with Gasteiger partial charge in [0.15, 0.2) is 0 Å². The van der Waals surface area contributed by atoms with Gasteiger partial charge in [0, 0.05) is 26.2 Å². The molecule has 0 bridgehead atoms. The third-order valence-corrected chi connectivity index (χ3v) is 6.52. The van der Waals surface area contributed by atoms with Crippen LogP contribution in [0.5, 0.6) is 0 Å². The molecule has 164 valence electrons. The van der Waals surface area contributed by atoms with E-state index in [1.54, 1.807) is 24.3 Å². The highest BCUT2D eigenvalue weighted by Crippen LogP contribution is 2.28. The van der Waals surface area contributed by atoms with Gasteiger partial charge in [-0.1, -0.05) is 29.8 Å². The summed E-state index contributed by atoms with van der Waals surface area (Å²) in [6.45, 7) is 1.21. The second-order valence-electron chi connectivity index (χ2n) is 6.52. The summed E-state index contributed by atoms with van der Waals surface area (Å²) < 4.78 is 47.9. The minimum absolute atomic E-state index is 0. The fraction of sp³-hybridized carbons (Fsp3) is 0.316. The predicted molar refractivity (Wildman–Crippen MR) is 115 cm³/mol. The van der Waals surface area contributed by atoms with Gasteiger partial charge in [0.2, 0.25) is 0 Å². The third-order valence-electron chi connectivity index (χ3n) is 4.67. The van der Waals surface area contributed by atoms with Crippen LogP contribution in [0, 0.1) is 5.82 Å². The van der Waals surface area contributed by atoms with Crippen LogP contribution in [-0.4, -0.2) is 45.4 Å². The molecule has 0 aromatic heterocycles. The highest BCUT2D eigenvalue weighted by Gasteiger charge is 2.33. The van der Waals surface area contributed by atoms with Crippen LogP contribution in [-0.2, 0) is 21.5 Å². The summed E-state index contributed by atoms with van der Waals surface area (Å²) in [6.07, 6.45) is 0. The van der Waals surface area contributed by atoms with Gasteiger partial charge in [-0.05, 0) is 35.4 Å². The summed E-state index contributed by atoms with van der Waals surface area (Å²) >= 11 is 5.87. The number of rotatable bonds is 6. The Bertz CT molecular complexity index is 990. The van der Waals surface area contributed by atoms with E-state index in [2.05, 4.69) is 14.8 Å². The van der Waals surface area contributed by atoms with Crippen molar-refractivity contribution in [2.45, 2.75) is 12.6 Å². The van der Waals surface area contributed by atoms with Crippen LogP contribution in [0.15, 0.2) is 42.5 Å². The number of carbonyl (C=O) groups excluding carboxylic acids is 1. The van der Waals surface area contributed by atoms with Crippen molar-refractivity contribution in [3.05, 3.63) is 70.0 Å². The molecular formula is C19H22Cl2FN3O4S.